The number of nitrogens with one attached hydrogen (secondary N) is 2. The summed E-state index contributed by atoms with van der Waals surface area (Å²) in [5.41, 5.74) is 1.57. The Labute approximate surface area is 129 Å². The van der Waals surface area contributed by atoms with Gasteiger partial charge in [-0.1, -0.05) is 0 Å². The van der Waals surface area contributed by atoms with Crippen LogP contribution in [0.25, 0.3) is 0 Å². The first-order chi connectivity index (χ1) is 10.6. The van der Waals surface area contributed by atoms with Crippen LogP contribution < -0.4 is 5.32 Å². The zero-order valence-corrected chi connectivity index (χ0v) is 12.8. The number of H-pyrrole nitrogens is 1. The van der Waals surface area contributed by atoms with Crippen LogP contribution >= 0.6 is 0 Å². The molecule has 0 unspecified atom stereocenters. The van der Waals surface area contributed by atoms with E-state index in [1.165, 1.54) is 0 Å². The molecule has 3 rings (SSSR count). The molecule has 0 amide bonds. The van der Waals surface area contributed by atoms with E-state index >= 15 is 0 Å². The van der Waals surface area contributed by atoms with Gasteiger partial charge in [0, 0.05) is 31.3 Å². The Morgan fingerprint density at radius 2 is 2.23 bits per heavy atom. The second-order valence-corrected chi connectivity index (χ2v) is 5.67. The molecule has 0 aromatic carbocycles. The van der Waals surface area contributed by atoms with Crippen molar-refractivity contribution in [1.82, 2.24) is 25.5 Å². The Hall–Kier alpha value is -1.99. The summed E-state index contributed by atoms with van der Waals surface area (Å²) in [4.78, 5) is 8.71. The van der Waals surface area contributed by atoms with E-state index in [2.05, 4.69) is 25.5 Å². The Morgan fingerprint density at radius 3 is 3.00 bits per heavy atom. The van der Waals surface area contributed by atoms with Gasteiger partial charge in [0.1, 0.15) is 17.7 Å². The van der Waals surface area contributed by atoms with Crippen molar-refractivity contribution in [2.45, 2.75) is 32.9 Å². The number of nitrogens with zero attached hydrogens (tertiary/aromatic N) is 3. The molecule has 1 aliphatic heterocycles. The number of aromatic amines is 1. The van der Waals surface area contributed by atoms with E-state index in [0.29, 0.717) is 18.2 Å². The van der Waals surface area contributed by atoms with E-state index < -0.39 is 0 Å². The summed E-state index contributed by atoms with van der Waals surface area (Å²) in [5, 5.41) is 20.2. The second kappa shape index (κ2) is 6.41. The van der Waals surface area contributed by atoms with Gasteiger partial charge in [0.25, 0.3) is 0 Å². The van der Waals surface area contributed by atoms with Crippen molar-refractivity contribution in [2.75, 3.05) is 13.2 Å². The molecular weight excluding hydrogens is 282 g/mol. The second-order valence-electron chi connectivity index (χ2n) is 5.67. The molecule has 118 valence electrons. The highest BCUT2D eigenvalue weighted by Crippen LogP contribution is 2.32. The summed E-state index contributed by atoms with van der Waals surface area (Å²) in [6.07, 6.45) is 0.898. The van der Waals surface area contributed by atoms with Crippen LogP contribution in [0.15, 0.2) is 12.1 Å². The monoisotopic (exact) mass is 303 g/mol. The summed E-state index contributed by atoms with van der Waals surface area (Å²) in [6, 6.07) is 3.47. The normalized spacial score (nSPS) is 21.4. The lowest BCUT2D eigenvalue weighted by Gasteiger charge is -2.16. The number of ether oxygens (including phenoxy) is 1. The maximum atomic E-state index is 9.81. The molecule has 0 aliphatic carbocycles. The Kier molecular flexibility index (Phi) is 4.35. The van der Waals surface area contributed by atoms with Crippen molar-refractivity contribution >= 4 is 0 Å². The van der Waals surface area contributed by atoms with Gasteiger partial charge in [-0.15, -0.1) is 0 Å². The van der Waals surface area contributed by atoms with Crippen LogP contribution in [0.5, 0.6) is 5.75 Å². The van der Waals surface area contributed by atoms with Crippen molar-refractivity contribution in [1.29, 1.82) is 0 Å². The minimum Gasteiger partial charge on any atom is -0.506 e. The van der Waals surface area contributed by atoms with E-state index in [-0.39, 0.29) is 11.9 Å². The molecule has 0 radical (unpaired) electrons. The van der Waals surface area contributed by atoms with Gasteiger partial charge in [-0.05, 0) is 32.4 Å². The highest BCUT2D eigenvalue weighted by Gasteiger charge is 2.32. The van der Waals surface area contributed by atoms with E-state index in [4.69, 9.17) is 4.74 Å². The van der Waals surface area contributed by atoms with Crippen LogP contribution in [0.1, 0.15) is 35.6 Å². The summed E-state index contributed by atoms with van der Waals surface area (Å²) in [6.45, 7) is 5.82. The van der Waals surface area contributed by atoms with E-state index in [1.807, 2.05) is 13.8 Å². The fraction of sp³-hybridized carbons (Fsp3) is 0.533. The number of hydrogen-bond acceptors (Lipinski definition) is 6. The molecule has 0 saturated carbocycles. The third-order valence-electron chi connectivity index (χ3n) is 3.87. The largest absolute Gasteiger partial charge is 0.506 e. The first-order valence-electron chi connectivity index (χ1n) is 7.50. The molecular formula is C15H21N5O2. The number of hydrogen-bond donors (Lipinski definition) is 3. The van der Waals surface area contributed by atoms with Gasteiger partial charge in [0.05, 0.1) is 5.69 Å². The molecule has 22 heavy (non-hydrogen) atoms. The Balaban J connectivity index is 1.57. The van der Waals surface area contributed by atoms with Crippen molar-refractivity contribution < 1.29 is 9.84 Å². The molecule has 1 saturated heterocycles. The number of pyridine rings is 1. The molecule has 1 aliphatic rings. The smallest absolute Gasteiger partial charge is 0.179 e. The van der Waals surface area contributed by atoms with Crippen molar-refractivity contribution in [2.24, 2.45) is 5.92 Å². The topological polar surface area (TPSA) is 95.9 Å². The summed E-state index contributed by atoms with van der Waals surface area (Å²) in [7, 11) is 0. The lowest BCUT2D eigenvalue weighted by Crippen LogP contribution is -2.25. The van der Waals surface area contributed by atoms with Crippen LogP contribution in [0.3, 0.4) is 0 Å². The molecule has 2 aromatic rings. The van der Waals surface area contributed by atoms with Gasteiger partial charge in [0.15, 0.2) is 5.82 Å². The van der Waals surface area contributed by atoms with Crippen LogP contribution in [-0.2, 0) is 11.3 Å². The third-order valence-corrected chi connectivity index (χ3v) is 3.87. The van der Waals surface area contributed by atoms with Gasteiger partial charge >= 0.3 is 0 Å². The molecule has 3 N–H and O–H groups in total. The molecule has 1 fully saturated rings. The quantitative estimate of drug-likeness (QED) is 0.772. The minimum absolute atomic E-state index is 0.0727. The Bertz CT molecular complexity index is 643. The Morgan fingerprint density at radius 1 is 1.36 bits per heavy atom. The van der Waals surface area contributed by atoms with Crippen LogP contribution in [0.2, 0.25) is 0 Å². The molecule has 7 heteroatoms. The predicted octanol–water partition coefficient (Wildman–Crippen LogP) is 1.39. The maximum absolute atomic E-state index is 9.81. The van der Waals surface area contributed by atoms with Gasteiger partial charge in [-0.2, -0.15) is 5.10 Å². The zero-order valence-electron chi connectivity index (χ0n) is 12.8. The molecule has 0 spiro atoms. The first-order valence-corrected chi connectivity index (χ1v) is 7.50. The molecule has 3 heterocycles. The molecule has 2 aromatic heterocycles. The van der Waals surface area contributed by atoms with Gasteiger partial charge in [-0.3, -0.25) is 10.1 Å². The highest BCUT2D eigenvalue weighted by atomic mass is 16.5. The summed E-state index contributed by atoms with van der Waals surface area (Å²) < 4.78 is 5.76. The zero-order chi connectivity index (χ0) is 15.5. The maximum Gasteiger partial charge on any atom is 0.179 e. The molecule has 0 bridgehead atoms. The fourth-order valence-corrected chi connectivity index (χ4v) is 2.72. The number of aryl methyl sites for hydroxylation is 2. The molecule has 2 atom stereocenters. The standard InChI is InChI=1S/C15H21N5O2/c1-9-3-4-13(21)12(17-9)8-16-7-11-5-6-22-14(11)15-18-10(2)19-20-15/h3-4,11,14,16,21H,5-8H2,1-2H3,(H,18,19,20)/t11-,14-/m0/s1. The number of aromatic nitrogens is 4. The average Bonchev–Trinajstić information content (AvgIpc) is 3.11. The highest BCUT2D eigenvalue weighted by molar-refractivity contribution is 5.27. The average molecular weight is 303 g/mol. The van der Waals surface area contributed by atoms with Crippen LogP contribution in [-0.4, -0.2) is 38.4 Å². The number of aromatic hydroxyl groups is 1. The van der Waals surface area contributed by atoms with E-state index in [0.717, 1.165) is 36.9 Å². The van der Waals surface area contributed by atoms with E-state index in [1.54, 1.807) is 12.1 Å². The SMILES string of the molecule is Cc1ccc(O)c(CNC[C@@H]2CCO[C@@H]2c2n[nH]c(C)n2)n1. The minimum atomic E-state index is -0.0727. The van der Waals surface area contributed by atoms with Crippen molar-refractivity contribution in [3.05, 3.63) is 35.2 Å². The van der Waals surface area contributed by atoms with Gasteiger partial charge in [-0.25, -0.2) is 4.98 Å². The van der Waals surface area contributed by atoms with Gasteiger partial charge < -0.3 is 15.2 Å². The lowest BCUT2D eigenvalue weighted by atomic mass is 10.0. The van der Waals surface area contributed by atoms with Crippen molar-refractivity contribution in [3.8, 4) is 5.75 Å². The third kappa shape index (κ3) is 3.26. The van der Waals surface area contributed by atoms with Crippen molar-refractivity contribution in [3.63, 3.8) is 0 Å². The van der Waals surface area contributed by atoms with E-state index in [9.17, 15) is 5.11 Å². The van der Waals surface area contributed by atoms with Gasteiger partial charge in [0.2, 0.25) is 0 Å². The predicted molar refractivity (Wildman–Crippen MR) is 80.3 cm³/mol. The fourth-order valence-electron chi connectivity index (χ4n) is 2.72. The van der Waals surface area contributed by atoms with Crippen LogP contribution in [0.4, 0.5) is 0 Å². The first kappa shape index (κ1) is 14.9. The molecule has 7 nitrogen and oxygen atoms in total. The lowest BCUT2D eigenvalue weighted by molar-refractivity contribution is 0.0835. The van der Waals surface area contributed by atoms with Crippen LogP contribution in [0, 0.1) is 19.8 Å². The summed E-state index contributed by atoms with van der Waals surface area (Å²) in [5.74, 6) is 2.06. The summed E-state index contributed by atoms with van der Waals surface area (Å²) >= 11 is 0. The number of rotatable bonds is 5.